The summed E-state index contributed by atoms with van der Waals surface area (Å²) in [5.41, 5.74) is 0.693. The molecule has 1 fully saturated rings. The van der Waals surface area contributed by atoms with Gasteiger partial charge in [-0.2, -0.15) is 16.8 Å². The smallest absolute Gasteiger partial charge is 0.266 e. The van der Waals surface area contributed by atoms with E-state index in [0.717, 1.165) is 0 Å². The van der Waals surface area contributed by atoms with Crippen LogP contribution in [0.5, 0.6) is 0 Å². The molecule has 0 aromatic rings. The molecule has 0 bridgehead atoms. The zero-order chi connectivity index (χ0) is 11.7. The average Bonchev–Trinajstić information content (AvgIpc) is 2.04. The molecule has 1 rings (SSSR count). The quantitative estimate of drug-likeness (QED) is 0.510. The maximum absolute atomic E-state index is 11.2. The molecule has 0 amide bonds. The lowest BCUT2D eigenvalue weighted by Crippen LogP contribution is -2.20. The molecule has 8 heteroatoms. The van der Waals surface area contributed by atoms with Crippen molar-refractivity contribution in [2.45, 2.75) is 19.4 Å². The topological polar surface area (TPSA) is 86.7 Å². The Morgan fingerprint density at radius 2 is 1.93 bits per heavy atom. The Labute approximate surface area is 89.1 Å². The maximum atomic E-state index is 11.2. The summed E-state index contributed by atoms with van der Waals surface area (Å²) in [6.45, 7) is 4.98. The first-order valence-electron chi connectivity index (χ1n) is 4.13. The Hall–Kier alpha value is -0.440. The molecular formula is C7H12O6S2. The van der Waals surface area contributed by atoms with Crippen LogP contribution in [0.15, 0.2) is 12.2 Å². The van der Waals surface area contributed by atoms with Crippen molar-refractivity contribution < 1.29 is 25.2 Å². The monoisotopic (exact) mass is 256 g/mol. The van der Waals surface area contributed by atoms with Crippen molar-refractivity contribution in [1.82, 2.24) is 0 Å². The van der Waals surface area contributed by atoms with Crippen molar-refractivity contribution in [1.29, 1.82) is 0 Å². The predicted molar refractivity (Wildman–Crippen MR) is 53.0 cm³/mol. The van der Waals surface area contributed by atoms with E-state index in [2.05, 4.69) is 14.9 Å². The van der Waals surface area contributed by atoms with Crippen LogP contribution in [0.1, 0.15) is 13.3 Å². The molecule has 6 nitrogen and oxygen atoms in total. The van der Waals surface area contributed by atoms with Gasteiger partial charge >= 0.3 is 0 Å². The Bertz CT molecular complexity index is 446. The highest BCUT2D eigenvalue weighted by Gasteiger charge is 2.32. The normalized spacial score (nSPS) is 29.3. The first kappa shape index (κ1) is 12.6. The third-order valence-corrected chi connectivity index (χ3v) is 4.95. The van der Waals surface area contributed by atoms with Crippen LogP contribution >= 0.6 is 0 Å². The van der Waals surface area contributed by atoms with Gasteiger partial charge in [0, 0.05) is 0 Å². The minimum absolute atomic E-state index is 0.245. The second-order valence-electron chi connectivity index (χ2n) is 3.40. The van der Waals surface area contributed by atoms with Crippen molar-refractivity contribution in [2.24, 2.45) is 0 Å². The largest absolute Gasteiger partial charge is 0.284 e. The van der Waals surface area contributed by atoms with Crippen molar-refractivity contribution in [3.05, 3.63) is 12.2 Å². The van der Waals surface area contributed by atoms with Gasteiger partial charge in [0.25, 0.3) is 20.2 Å². The van der Waals surface area contributed by atoms with Crippen molar-refractivity contribution in [3.63, 3.8) is 0 Å². The van der Waals surface area contributed by atoms with E-state index < -0.39 is 31.4 Å². The van der Waals surface area contributed by atoms with E-state index >= 15 is 0 Å². The van der Waals surface area contributed by atoms with Gasteiger partial charge in [0.2, 0.25) is 5.08 Å². The van der Waals surface area contributed by atoms with Crippen LogP contribution in [-0.2, 0) is 28.6 Å². The van der Waals surface area contributed by atoms with Crippen LogP contribution in [0.4, 0.5) is 0 Å². The molecule has 0 N–H and O–H groups in total. The van der Waals surface area contributed by atoms with Gasteiger partial charge in [0.15, 0.2) is 0 Å². The van der Waals surface area contributed by atoms with E-state index in [0.29, 0.717) is 5.57 Å². The molecule has 1 aliphatic heterocycles. The van der Waals surface area contributed by atoms with E-state index in [1.807, 2.05) is 0 Å². The van der Waals surface area contributed by atoms with Crippen LogP contribution < -0.4 is 0 Å². The molecule has 1 unspecified atom stereocenters. The van der Waals surface area contributed by atoms with Gasteiger partial charge in [0.1, 0.15) is 6.10 Å². The predicted octanol–water partition coefficient (Wildman–Crippen LogP) is -0.0149. The van der Waals surface area contributed by atoms with Crippen LogP contribution in [0.25, 0.3) is 0 Å². The van der Waals surface area contributed by atoms with Crippen molar-refractivity contribution in [2.75, 3.05) is 11.7 Å². The van der Waals surface area contributed by atoms with Gasteiger partial charge in [-0.25, -0.2) is 0 Å². The summed E-state index contributed by atoms with van der Waals surface area (Å²) < 4.78 is 53.5. The molecule has 1 aliphatic rings. The summed E-state index contributed by atoms with van der Waals surface area (Å²) in [4.78, 5) is 0. The number of hydrogen-bond acceptors (Lipinski definition) is 6. The summed E-state index contributed by atoms with van der Waals surface area (Å²) in [5, 5.41) is -1.13. The lowest BCUT2D eigenvalue weighted by Gasteiger charge is -2.11. The average molecular weight is 256 g/mol. The third kappa shape index (κ3) is 4.29. The minimum Gasteiger partial charge on any atom is -0.266 e. The van der Waals surface area contributed by atoms with Crippen LogP contribution in [0.2, 0.25) is 0 Å². The lowest BCUT2D eigenvalue weighted by molar-refractivity contribution is 0.146. The fraction of sp³-hybridized carbons (Fsp3) is 0.714. The standard InChI is InChI=1S/C7H12O6S2/c1-6(2)3-7-4-12-14(8,9)5-15(10,11)13-7/h7H,1,3-5H2,2H3. The molecule has 0 saturated carbocycles. The summed E-state index contributed by atoms with van der Waals surface area (Å²) in [7, 11) is -8.11. The fourth-order valence-electron chi connectivity index (χ4n) is 1.13. The van der Waals surface area contributed by atoms with Gasteiger partial charge in [0.05, 0.1) is 6.61 Å². The molecule has 0 aromatic heterocycles. The molecule has 0 aliphatic carbocycles. The second kappa shape index (κ2) is 4.20. The Morgan fingerprint density at radius 1 is 1.33 bits per heavy atom. The fourth-order valence-corrected chi connectivity index (χ4v) is 3.94. The second-order valence-corrected chi connectivity index (χ2v) is 7.00. The summed E-state index contributed by atoms with van der Waals surface area (Å²) >= 11 is 0. The van der Waals surface area contributed by atoms with E-state index in [-0.39, 0.29) is 13.0 Å². The summed E-state index contributed by atoms with van der Waals surface area (Å²) in [6.07, 6.45) is -0.570. The summed E-state index contributed by atoms with van der Waals surface area (Å²) in [5.74, 6) is 0. The molecule has 0 radical (unpaired) electrons. The Kier molecular flexibility index (Phi) is 3.54. The highest BCUT2D eigenvalue weighted by Crippen LogP contribution is 2.17. The van der Waals surface area contributed by atoms with Crippen LogP contribution in [0.3, 0.4) is 0 Å². The van der Waals surface area contributed by atoms with E-state index in [9.17, 15) is 16.8 Å². The maximum Gasteiger partial charge on any atom is 0.284 e. The number of rotatable bonds is 2. The van der Waals surface area contributed by atoms with E-state index in [1.54, 1.807) is 6.92 Å². The van der Waals surface area contributed by atoms with Crippen LogP contribution in [-0.4, -0.2) is 34.6 Å². The SMILES string of the molecule is C=C(C)CC1COS(=O)(=O)CS(=O)(=O)O1. The molecule has 1 saturated heterocycles. The first-order chi connectivity index (χ1) is 6.70. The molecular weight excluding hydrogens is 244 g/mol. The van der Waals surface area contributed by atoms with Crippen LogP contribution in [0, 0.1) is 0 Å². The van der Waals surface area contributed by atoms with Crippen molar-refractivity contribution in [3.8, 4) is 0 Å². The summed E-state index contributed by atoms with van der Waals surface area (Å²) in [6, 6.07) is 0. The number of hydrogen-bond donors (Lipinski definition) is 0. The highest BCUT2D eigenvalue weighted by atomic mass is 32.3. The van der Waals surface area contributed by atoms with Gasteiger partial charge in [-0.15, -0.1) is 6.58 Å². The molecule has 0 aromatic carbocycles. The molecule has 15 heavy (non-hydrogen) atoms. The Balaban J connectivity index is 2.88. The van der Waals surface area contributed by atoms with E-state index in [1.165, 1.54) is 0 Å². The highest BCUT2D eigenvalue weighted by molar-refractivity contribution is 8.03. The molecule has 88 valence electrons. The van der Waals surface area contributed by atoms with Gasteiger partial charge in [-0.3, -0.25) is 8.37 Å². The third-order valence-electron chi connectivity index (χ3n) is 1.58. The van der Waals surface area contributed by atoms with E-state index in [4.69, 9.17) is 0 Å². The molecule has 0 spiro atoms. The van der Waals surface area contributed by atoms with Gasteiger partial charge in [-0.1, -0.05) is 5.57 Å². The molecule has 1 atom stereocenters. The lowest BCUT2D eigenvalue weighted by atomic mass is 10.2. The Morgan fingerprint density at radius 3 is 2.47 bits per heavy atom. The van der Waals surface area contributed by atoms with Gasteiger partial charge in [-0.05, 0) is 13.3 Å². The zero-order valence-electron chi connectivity index (χ0n) is 8.17. The van der Waals surface area contributed by atoms with Crippen molar-refractivity contribution >= 4 is 20.2 Å². The zero-order valence-corrected chi connectivity index (χ0v) is 9.80. The van der Waals surface area contributed by atoms with Gasteiger partial charge < -0.3 is 0 Å². The molecule has 1 heterocycles. The first-order valence-corrected chi connectivity index (χ1v) is 7.28. The minimum atomic E-state index is -4.08.